The smallest absolute Gasteiger partial charge is 0.337 e. The van der Waals surface area contributed by atoms with Gasteiger partial charge in [0.2, 0.25) is 0 Å². The number of hydrogen-bond acceptors (Lipinski definition) is 6. The Morgan fingerprint density at radius 3 is 2.59 bits per heavy atom. The van der Waals surface area contributed by atoms with E-state index in [1.54, 1.807) is 52.5 Å². The van der Waals surface area contributed by atoms with Crippen molar-refractivity contribution in [2.24, 2.45) is 7.05 Å². The Hall–Kier alpha value is -4.44. The number of hydrogen-bond donors (Lipinski definition) is 1. The van der Waals surface area contributed by atoms with Crippen LogP contribution in [0.1, 0.15) is 97.4 Å². The fourth-order valence-corrected chi connectivity index (χ4v) is 7.71. The molecule has 0 unspecified atom stereocenters. The number of carboxylic acid groups (broad SMARTS) is 1. The van der Waals surface area contributed by atoms with Crippen LogP contribution in [0.4, 0.5) is 4.39 Å². The third-order valence-electron chi connectivity index (χ3n) is 10.0. The number of nitrogens with zero attached hydrogens (tertiary/aromatic N) is 3. The first-order chi connectivity index (χ1) is 23.2. The molecule has 0 saturated carbocycles. The van der Waals surface area contributed by atoms with Gasteiger partial charge in [-0.1, -0.05) is 25.1 Å². The second-order valence-corrected chi connectivity index (χ2v) is 14.2. The first-order valence-corrected chi connectivity index (χ1v) is 17.0. The number of pyridine rings is 1. The van der Waals surface area contributed by atoms with Crippen molar-refractivity contribution < 1.29 is 33.3 Å². The number of benzene rings is 2. The highest BCUT2D eigenvalue weighted by atomic mass is 19.1. The van der Waals surface area contributed by atoms with Crippen LogP contribution in [-0.2, 0) is 23.0 Å². The molecule has 49 heavy (non-hydrogen) atoms. The Kier molecular flexibility index (Phi) is 9.21. The van der Waals surface area contributed by atoms with E-state index in [0.29, 0.717) is 58.7 Å². The highest BCUT2D eigenvalue weighted by molar-refractivity contribution is 6.05. The number of likely N-dealkylation sites (tertiary alicyclic amines) is 1. The van der Waals surface area contributed by atoms with Gasteiger partial charge < -0.3 is 28.8 Å². The molecular formula is C39H46FN3O6. The van der Waals surface area contributed by atoms with E-state index in [9.17, 15) is 14.7 Å². The van der Waals surface area contributed by atoms with Crippen molar-refractivity contribution >= 4 is 22.9 Å². The van der Waals surface area contributed by atoms with Crippen LogP contribution in [0.2, 0.25) is 0 Å². The molecule has 1 N–H and O–H groups in total. The van der Waals surface area contributed by atoms with Gasteiger partial charge in [-0.25, -0.2) is 14.2 Å². The molecule has 0 spiro atoms. The Morgan fingerprint density at radius 1 is 1.18 bits per heavy atom. The fraction of sp³-hybridized carbons (Fsp3) is 0.462. The number of para-hydroxylation sites is 1. The number of aliphatic carboxylic acids is 1. The first kappa shape index (κ1) is 34.4. The lowest BCUT2D eigenvalue weighted by molar-refractivity contribution is -0.160. The summed E-state index contributed by atoms with van der Waals surface area (Å²) in [5.41, 5.74) is 4.54. The minimum Gasteiger partial charge on any atom is -0.496 e. The van der Waals surface area contributed by atoms with Crippen LogP contribution < -0.4 is 9.47 Å². The lowest BCUT2D eigenvalue weighted by atomic mass is 9.86. The number of rotatable bonds is 8. The van der Waals surface area contributed by atoms with E-state index in [1.165, 1.54) is 6.07 Å². The van der Waals surface area contributed by atoms with Gasteiger partial charge >= 0.3 is 5.97 Å². The van der Waals surface area contributed by atoms with Crippen LogP contribution >= 0.6 is 0 Å². The van der Waals surface area contributed by atoms with Crippen molar-refractivity contribution in [3.63, 3.8) is 0 Å². The van der Waals surface area contributed by atoms with Crippen LogP contribution in [0.25, 0.3) is 22.2 Å². The molecule has 6 rings (SSSR count). The minimum absolute atomic E-state index is 0.0127. The SMILES string of the molecule is CC[C@@H]1C[C@H](c2ccccc2OC)CN1C(=O)c1cc2c(-c3cc(F)c4c(c3C)CCCO4)c([C@H](OC(C)(C)C)C(=O)O)c(C)nc2n1C. The van der Waals surface area contributed by atoms with Gasteiger partial charge in [0.15, 0.2) is 17.7 Å². The van der Waals surface area contributed by atoms with E-state index < -0.39 is 23.5 Å². The zero-order valence-electron chi connectivity index (χ0n) is 29.6. The number of fused-ring (bicyclic) bond motifs is 2. The summed E-state index contributed by atoms with van der Waals surface area (Å²) in [7, 11) is 3.46. The number of carbonyl (C=O) groups excluding carboxylic acids is 1. The van der Waals surface area contributed by atoms with Gasteiger partial charge in [0.1, 0.15) is 17.1 Å². The second kappa shape index (κ2) is 13.1. The molecule has 9 nitrogen and oxygen atoms in total. The van der Waals surface area contributed by atoms with Gasteiger partial charge in [-0.05, 0) is 95.2 Å². The number of ether oxygens (including phenoxy) is 3. The lowest BCUT2D eigenvalue weighted by Gasteiger charge is -2.29. The van der Waals surface area contributed by atoms with Gasteiger partial charge in [0.05, 0.1) is 19.3 Å². The predicted octanol–water partition coefficient (Wildman–Crippen LogP) is 7.68. The minimum atomic E-state index is -1.40. The Labute approximate surface area is 287 Å². The molecule has 1 fully saturated rings. The van der Waals surface area contributed by atoms with E-state index in [1.807, 2.05) is 30.0 Å². The van der Waals surface area contributed by atoms with Crippen molar-refractivity contribution in [3.05, 3.63) is 75.9 Å². The lowest BCUT2D eigenvalue weighted by Crippen LogP contribution is -2.36. The van der Waals surface area contributed by atoms with E-state index in [4.69, 9.17) is 19.2 Å². The van der Waals surface area contributed by atoms with E-state index >= 15 is 4.39 Å². The average molecular weight is 672 g/mol. The summed E-state index contributed by atoms with van der Waals surface area (Å²) < 4.78 is 35.2. The van der Waals surface area contributed by atoms with Crippen LogP contribution in [0.15, 0.2) is 36.4 Å². The number of amides is 1. The number of methoxy groups -OCH3 is 1. The summed E-state index contributed by atoms with van der Waals surface area (Å²) in [6.07, 6.45) is 1.57. The summed E-state index contributed by atoms with van der Waals surface area (Å²) in [5, 5.41) is 11.1. The predicted molar refractivity (Wildman–Crippen MR) is 186 cm³/mol. The summed E-state index contributed by atoms with van der Waals surface area (Å²) >= 11 is 0. The molecule has 2 aliphatic heterocycles. The molecule has 1 amide bonds. The van der Waals surface area contributed by atoms with Gasteiger partial charge in [-0.2, -0.15) is 0 Å². The molecule has 2 aliphatic rings. The molecule has 10 heteroatoms. The maximum Gasteiger partial charge on any atom is 0.337 e. The number of aryl methyl sites for hydroxylation is 2. The zero-order chi connectivity index (χ0) is 35.4. The highest BCUT2D eigenvalue weighted by Gasteiger charge is 2.39. The van der Waals surface area contributed by atoms with Crippen LogP contribution in [0.3, 0.4) is 0 Å². The molecule has 1 saturated heterocycles. The number of carboxylic acids is 1. The van der Waals surface area contributed by atoms with Crippen molar-refractivity contribution in [3.8, 4) is 22.6 Å². The summed E-state index contributed by atoms with van der Waals surface area (Å²) in [4.78, 5) is 34.3. The van der Waals surface area contributed by atoms with Crippen LogP contribution in [0, 0.1) is 19.7 Å². The second-order valence-electron chi connectivity index (χ2n) is 14.2. The Morgan fingerprint density at radius 2 is 1.92 bits per heavy atom. The van der Waals surface area contributed by atoms with E-state index in [-0.39, 0.29) is 23.6 Å². The van der Waals surface area contributed by atoms with E-state index in [0.717, 1.165) is 41.7 Å². The number of halogens is 1. The molecule has 4 aromatic rings. The largest absolute Gasteiger partial charge is 0.496 e. The van der Waals surface area contributed by atoms with Crippen molar-refractivity contribution in [1.82, 2.24) is 14.5 Å². The summed E-state index contributed by atoms with van der Waals surface area (Å²) in [5.74, 6) is -0.678. The molecule has 4 heterocycles. The average Bonchev–Trinajstić information content (AvgIpc) is 3.65. The fourth-order valence-electron chi connectivity index (χ4n) is 7.71. The first-order valence-electron chi connectivity index (χ1n) is 17.0. The maximum atomic E-state index is 15.8. The van der Waals surface area contributed by atoms with E-state index in [2.05, 4.69) is 13.0 Å². The molecule has 3 atom stereocenters. The van der Waals surface area contributed by atoms with Gasteiger partial charge in [-0.3, -0.25) is 4.79 Å². The molecule has 2 aromatic heterocycles. The third-order valence-corrected chi connectivity index (χ3v) is 10.0. The molecular weight excluding hydrogens is 625 g/mol. The van der Waals surface area contributed by atoms with Gasteiger partial charge in [0.25, 0.3) is 5.91 Å². The third kappa shape index (κ3) is 6.16. The quantitative estimate of drug-likeness (QED) is 0.205. The normalized spacial score (nSPS) is 18.3. The number of carbonyl (C=O) groups is 2. The van der Waals surface area contributed by atoms with Crippen LogP contribution in [-0.4, -0.2) is 63.3 Å². The maximum absolute atomic E-state index is 15.8. The summed E-state index contributed by atoms with van der Waals surface area (Å²) in [6, 6.07) is 11.2. The molecule has 0 aliphatic carbocycles. The topological polar surface area (TPSA) is 103 Å². The Bertz CT molecular complexity index is 1940. The standard InChI is InChI=1S/C39H46FN3O6/c1-9-24-17-23(26-13-10-11-15-31(26)47-8)20-43(24)37(44)30-19-28-33(27-18-29(40)34-25(21(27)2)14-12-16-48-34)32(22(3)41-36(28)42(30)7)35(38(45)46)49-39(4,5)6/h10-11,13,15,18-19,23-24,35H,9,12,14,16-17,20H2,1-8H3,(H,45,46)/t23-,24+,35-/m0/s1. The monoisotopic (exact) mass is 671 g/mol. The molecule has 260 valence electrons. The summed E-state index contributed by atoms with van der Waals surface area (Å²) in [6.45, 7) is 12.1. The Balaban J connectivity index is 1.55. The van der Waals surface area contributed by atoms with Crippen molar-refractivity contribution in [2.75, 3.05) is 20.3 Å². The van der Waals surface area contributed by atoms with Crippen LogP contribution in [0.5, 0.6) is 11.5 Å². The molecule has 0 radical (unpaired) electrons. The molecule has 2 aromatic carbocycles. The number of aromatic nitrogens is 2. The highest BCUT2D eigenvalue weighted by Crippen LogP contribution is 2.45. The van der Waals surface area contributed by atoms with Crippen molar-refractivity contribution in [2.45, 2.75) is 90.9 Å². The molecule has 0 bridgehead atoms. The van der Waals surface area contributed by atoms with Gasteiger partial charge in [0, 0.05) is 53.3 Å². The van der Waals surface area contributed by atoms with Gasteiger partial charge in [-0.15, -0.1) is 0 Å². The zero-order valence-corrected chi connectivity index (χ0v) is 29.6. The van der Waals surface area contributed by atoms with Crippen molar-refractivity contribution in [1.29, 1.82) is 0 Å².